The van der Waals surface area contributed by atoms with Gasteiger partial charge in [0, 0.05) is 11.7 Å². The highest BCUT2D eigenvalue weighted by Gasteiger charge is 2.06. The van der Waals surface area contributed by atoms with Crippen molar-refractivity contribution in [1.29, 1.82) is 0 Å². The van der Waals surface area contributed by atoms with E-state index in [9.17, 15) is 0 Å². The van der Waals surface area contributed by atoms with Crippen LogP contribution >= 0.6 is 12.6 Å². The molecular formula is C8H13NOS. The maximum atomic E-state index is 5.37. The van der Waals surface area contributed by atoms with E-state index in [1.165, 1.54) is 0 Å². The zero-order valence-electron chi connectivity index (χ0n) is 7.09. The molecule has 0 spiro atoms. The first kappa shape index (κ1) is 8.65. The molecule has 0 amide bonds. The molecule has 0 saturated carbocycles. The van der Waals surface area contributed by atoms with Crippen molar-refractivity contribution in [2.24, 2.45) is 0 Å². The second kappa shape index (κ2) is 3.30. The van der Waals surface area contributed by atoms with Gasteiger partial charge in [0.2, 0.25) is 0 Å². The Hall–Kier alpha value is -0.440. The quantitative estimate of drug-likeness (QED) is 0.690. The summed E-state index contributed by atoms with van der Waals surface area (Å²) in [4.78, 5) is 4.23. The standard InChI is InChI=1S/C8H13NOS/c1-5(11)4-8-9-6(2)7(3)10-8/h5,11H,4H2,1-3H3. The maximum Gasteiger partial charge on any atom is 0.195 e. The SMILES string of the molecule is Cc1nc(CC(C)S)oc1C. The minimum Gasteiger partial charge on any atom is -0.446 e. The third kappa shape index (κ3) is 2.26. The third-order valence-electron chi connectivity index (χ3n) is 1.54. The zero-order chi connectivity index (χ0) is 8.43. The van der Waals surface area contributed by atoms with E-state index in [0.717, 1.165) is 23.8 Å². The van der Waals surface area contributed by atoms with Gasteiger partial charge in [-0.3, -0.25) is 0 Å². The van der Waals surface area contributed by atoms with Gasteiger partial charge in [0.15, 0.2) is 5.89 Å². The summed E-state index contributed by atoms with van der Waals surface area (Å²) < 4.78 is 5.37. The lowest BCUT2D eigenvalue weighted by atomic mass is 10.3. The first-order chi connectivity index (χ1) is 5.09. The third-order valence-corrected chi connectivity index (χ3v) is 1.73. The number of aromatic nitrogens is 1. The Morgan fingerprint density at radius 1 is 1.55 bits per heavy atom. The molecular weight excluding hydrogens is 158 g/mol. The number of thiol groups is 1. The van der Waals surface area contributed by atoms with Gasteiger partial charge in [-0.25, -0.2) is 4.98 Å². The first-order valence-electron chi connectivity index (χ1n) is 3.70. The fourth-order valence-electron chi connectivity index (χ4n) is 0.879. The number of hydrogen-bond acceptors (Lipinski definition) is 3. The molecule has 0 fully saturated rings. The van der Waals surface area contributed by atoms with E-state index in [1.807, 2.05) is 20.8 Å². The second-order valence-electron chi connectivity index (χ2n) is 2.80. The number of aryl methyl sites for hydroxylation is 2. The predicted molar refractivity (Wildman–Crippen MR) is 48.1 cm³/mol. The van der Waals surface area contributed by atoms with Crippen LogP contribution in [0, 0.1) is 13.8 Å². The van der Waals surface area contributed by atoms with Gasteiger partial charge in [-0.2, -0.15) is 12.6 Å². The van der Waals surface area contributed by atoms with E-state index in [-0.39, 0.29) is 0 Å². The molecule has 1 heterocycles. The van der Waals surface area contributed by atoms with Crippen LogP contribution in [0.1, 0.15) is 24.3 Å². The summed E-state index contributed by atoms with van der Waals surface area (Å²) in [6, 6.07) is 0. The predicted octanol–water partition coefficient (Wildman–Crippen LogP) is 2.15. The van der Waals surface area contributed by atoms with Crippen molar-refractivity contribution in [3.63, 3.8) is 0 Å². The molecule has 1 unspecified atom stereocenters. The van der Waals surface area contributed by atoms with Crippen LogP contribution in [0.5, 0.6) is 0 Å². The Morgan fingerprint density at radius 3 is 2.55 bits per heavy atom. The largest absolute Gasteiger partial charge is 0.446 e. The molecule has 3 heteroatoms. The van der Waals surface area contributed by atoms with Crippen molar-refractivity contribution in [3.05, 3.63) is 17.3 Å². The molecule has 0 saturated heterocycles. The lowest BCUT2D eigenvalue weighted by Gasteiger charge is -1.96. The van der Waals surface area contributed by atoms with Gasteiger partial charge >= 0.3 is 0 Å². The number of nitrogens with zero attached hydrogens (tertiary/aromatic N) is 1. The topological polar surface area (TPSA) is 26.0 Å². The van der Waals surface area contributed by atoms with Gasteiger partial charge in [-0.05, 0) is 13.8 Å². The van der Waals surface area contributed by atoms with Gasteiger partial charge in [0.1, 0.15) is 5.76 Å². The van der Waals surface area contributed by atoms with Gasteiger partial charge in [-0.15, -0.1) is 0 Å². The molecule has 0 aromatic carbocycles. The first-order valence-corrected chi connectivity index (χ1v) is 4.22. The Morgan fingerprint density at radius 2 is 2.18 bits per heavy atom. The van der Waals surface area contributed by atoms with Crippen LogP contribution in [0.4, 0.5) is 0 Å². The Labute approximate surface area is 72.4 Å². The summed E-state index contributed by atoms with van der Waals surface area (Å²) in [7, 11) is 0. The summed E-state index contributed by atoms with van der Waals surface area (Å²) in [5.74, 6) is 1.71. The van der Waals surface area contributed by atoms with Crippen molar-refractivity contribution in [3.8, 4) is 0 Å². The molecule has 11 heavy (non-hydrogen) atoms. The van der Waals surface area contributed by atoms with Crippen LogP contribution in [0.2, 0.25) is 0 Å². The van der Waals surface area contributed by atoms with E-state index in [0.29, 0.717) is 5.25 Å². The highest BCUT2D eigenvalue weighted by Crippen LogP contribution is 2.11. The summed E-state index contributed by atoms with van der Waals surface area (Å²) >= 11 is 4.25. The zero-order valence-corrected chi connectivity index (χ0v) is 7.98. The lowest BCUT2D eigenvalue weighted by Crippen LogP contribution is -1.96. The number of hydrogen-bond donors (Lipinski definition) is 1. The van der Waals surface area contributed by atoms with E-state index in [1.54, 1.807) is 0 Å². The van der Waals surface area contributed by atoms with E-state index >= 15 is 0 Å². The maximum absolute atomic E-state index is 5.37. The molecule has 62 valence electrons. The van der Waals surface area contributed by atoms with Crippen LogP contribution in [0.25, 0.3) is 0 Å². The Balaban J connectivity index is 2.73. The molecule has 0 aliphatic rings. The second-order valence-corrected chi connectivity index (χ2v) is 3.68. The Kier molecular flexibility index (Phi) is 2.60. The van der Waals surface area contributed by atoms with Gasteiger partial charge in [0.05, 0.1) is 5.69 Å². The van der Waals surface area contributed by atoms with Crippen molar-refractivity contribution in [1.82, 2.24) is 4.98 Å². The fraction of sp³-hybridized carbons (Fsp3) is 0.625. The molecule has 0 radical (unpaired) electrons. The van der Waals surface area contributed by atoms with Gasteiger partial charge in [-0.1, -0.05) is 6.92 Å². The summed E-state index contributed by atoms with van der Waals surface area (Å²) in [6.45, 7) is 5.90. The van der Waals surface area contributed by atoms with Crippen LogP contribution in [-0.2, 0) is 6.42 Å². The number of rotatable bonds is 2. The van der Waals surface area contributed by atoms with Crippen molar-refractivity contribution >= 4 is 12.6 Å². The minimum atomic E-state index is 0.312. The highest BCUT2D eigenvalue weighted by molar-refractivity contribution is 7.80. The van der Waals surface area contributed by atoms with Crippen LogP contribution < -0.4 is 0 Å². The van der Waals surface area contributed by atoms with E-state index < -0.39 is 0 Å². The van der Waals surface area contributed by atoms with Crippen LogP contribution in [0.15, 0.2) is 4.42 Å². The molecule has 0 N–H and O–H groups in total. The average Bonchev–Trinajstić information content (AvgIpc) is 2.10. The minimum absolute atomic E-state index is 0.312. The molecule has 1 rings (SSSR count). The Bertz CT molecular complexity index is 223. The molecule has 0 aliphatic carbocycles. The molecule has 1 aromatic rings. The molecule has 0 bridgehead atoms. The fourth-order valence-corrected chi connectivity index (χ4v) is 1.04. The van der Waals surface area contributed by atoms with Crippen molar-refractivity contribution < 1.29 is 4.42 Å². The lowest BCUT2D eigenvalue weighted by molar-refractivity contribution is 0.470. The molecule has 1 atom stereocenters. The van der Waals surface area contributed by atoms with Crippen molar-refractivity contribution in [2.75, 3.05) is 0 Å². The van der Waals surface area contributed by atoms with E-state index in [4.69, 9.17) is 4.42 Å². The smallest absolute Gasteiger partial charge is 0.195 e. The summed E-state index contributed by atoms with van der Waals surface area (Å²) in [5, 5.41) is 0.312. The van der Waals surface area contributed by atoms with Gasteiger partial charge < -0.3 is 4.42 Å². The average molecular weight is 171 g/mol. The highest BCUT2D eigenvalue weighted by atomic mass is 32.1. The van der Waals surface area contributed by atoms with Gasteiger partial charge in [0.25, 0.3) is 0 Å². The molecule has 0 aliphatic heterocycles. The van der Waals surface area contributed by atoms with Crippen molar-refractivity contribution in [2.45, 2.75) is 32.4 Å². The summed E-state index contributed by atoms with van der Waals surface area (Å²) in [5.41, 5.74) is 0.981. The van der Waals surface area contributed by atoms with E-state index in [2.05, 4.69) is 17.6 Å². The molecule has 1 aromatic heterocycles. The normalized spacial score (nSPS) is 13.5. The monoisotopic (exact) mass is 171 g/mol. The van der Waals surface area contributed by atoms with Crippen LogP contribution in [-0.4, -0.2) is 10.2 Å². The van der Waals surface area contributed by atoms with Crippen LogP contribution in [0.3, 0.4) is 0 Å². The molecule has 2 nitrogen and oxygen atoms in total. The summed E-state index contributed by atoms with van der Waals surface area (Å²) in [6.07, 6.45) is 0.803. The number of oxazole rings is 1.